The summed E-state index contributed by atoms with van der Waals surface area (Å²) in [6, 6.07) is 0.564. The lowest BCUT2D eigenvalue weighted by Gasteiger charge is -2.44. The predicted octanol–water partition coefficient (Wildman–Crippen LogP) is 1.76. The number of likely N-dealkylation sites (N-methyl/N-ethyl adjacent to an activating group) is 2. The van der Waals surface area contributed by atoms with E-state index >= 15 is 0 Å². The van der Waals surface area contributed by atoms with Crippen molar-refractivity contribution < 1.29 is 4.79 Å². The van der Waals surface area contributed by atoms with Crippen molar-refractivity contribution in [3.05, 3.63) is 12.2 Å². The molecule has 5 heteroatoms. The van der Waals surface area contributed by atoms with Crippen molar-refractivity contribution >= 4 is 6.03 Å². The van der Waals surface area contributed by atoms with Gasteiger partial charge in [-0.15, -0.1) is 0 Å². The van der Waals surface area contributed by atoms with Crippen molar-refractivity contribution in [1.29, 1.82) is 0 Å². The molecule has 3 aliphatic rings. The smallest absolute Gasteiger partial charge is 0.317 e. The van der Waals surface area contributed by atoms with Gasteiger partial charge in [-0.05, 0) is 51.6 Å². The molecule has 2 saturated heterocycles. The second-order valence-electron chi connectivity index (χ2n) is 7.82. The van der Waals surface area contributed by atoms with E-state index in [2.05, 4.69) is 46.3 Å². The number of hydrogen-bond acceptors (Lipinski definition) is 3. The molecular formula is C18H32N4O. The van der Waals surface area contributed by atoms with E-state index in [1.165, 1.54) is 19.3 Å². The van der Waals surface area contributed by atoms with Gasteiger partial charge in [-0.1, -0.05) is 12.2 Å². The molecule has 0 saturated carbocycles. The first-order valence-corrected chi connectivity index (χ1v) is 9.15. The fraction of sp³-hybridized carbons (Fsp3) is 0.833. The molecule has 0 aromatic rings. The number of likely N-dealkylation sites (tertiary alicyclic amines) is 1. The van der Waals surface area contributed by atoms with Gasteiger partial charge in [0.1, 0.15) is 0 Å². The molecular weight excluding hydrogens is 288 g/mol. The fourth-order valence-electron chi connectivity index (χ4n) is 4.33. The quantitative estimate of drug-likeness (QED) is 0.788. The number of rotatable bonds is 2. The van der Waals surface area contributed by atoms with Crippen LogP contribution in [0.3, 0.4) is 0 Å². The zero-order chi connectivity index (χ0) is 16.3. The van der Waals surface area contributed by atoms with Crippen LogP contribution in [0.1, 0.15) is 32.1 Å². The van der Waals surface area contributed by atoms with Crippen molar-refractivity contribution in [2.24, 2.45) is 5.41 Å². The van der Waals surface area contributed by atoms with Crippen LogP contribution in [0, 0.1) is 5.41 Å². The number of piperazine rings is 1. The molecule has 2 aliphatic heterocycles. The fourth-order valence-corrected chi connectivity index (χ4v) is 4.33. The van der Waals surface area contributed by atoms with Crippen molar-refractivity contribution in [1.82, 2.24) is 20.0 Å². The second kappa shape index (κ2) is 7.22. The Morgan fingerprint density at radius 3 is 2.87 bits per heavy atom. The summed E-state index contributed by atoms with van der Waals surface area (Å²) in [5.41, 5.74) is 0.353. The lowest BCUT2D eigenvalue weighted by molar-refractivity contribution is 0.0893. The van der Waals surface area contributed by atoms with Gasteiger partial charge in [0.05, 0.1) is 0 Å². The molecule has 1 spiro atoms. The Bertz CT molecular complexity index is 452. The highest BCUT2D eigenvalue weighted by Crippen LogP contribution is 2.40. The Labute approximate surface area is 140 Å². The van der Waals surface area contributed by atoms with Crippen LogP contribution in [0.4, 0.5) is 4.79 Å². The summed E-state index contributed by atoms with van der Waals surface area (Å²) in [4.78, 5) is 19.4. The van der Waals surface area contributed by atoms with Crippen LogP contribution in [0.15, 0.2) is 12.2 Å². The van der Waals surface area contributed by atoms with Crippen molar-refractivity contribution in [2.45, 2.75) is 38.1 Å². The largest absolute Gasteiger partial charge is 0.336 e. The first kappa shape index (κ1) is 16.8. The molecule has 0 unspecified atom stereocenters. The number of allylic oxidation sites excluding steroid dienone is 2. The van der Waals surface area contributed by atoms with Gasteiger partial charge in [-0.25, -0.2) is 4.79 Å². The molecule has 0 aromatic heterocycles. The molecule has 2 heterocycles. The minimum Gasteiger partial charge on any atom is -0.336 e. The zero-order valence-electron chi connectivity index (χ0n) is 14.8. The maximum Gasteiger partial charge on any atom is 0.317 e. The van der Waals surface area contributed by atoms with Crippen LogP contribution < -0.4 is 5.32 Å². The van der Waals surface area contributed by atoms with Gasteiger partial charge in [-0.3, -0.25) is 4.90 Å². The molecule has 2 atom stereocenters. The maximum absolute atomic E-state index is 12.6. The topological polar surface area (TPSA) is 38.8 Å². The number of hydrogen-bond donors (Lipinski definition) is 1. The summed E-state index contributed by atoms with van der Waals surface area (Å²) in [7, 11) is 4.32. The SMILES string of the molecule is CN1CCN(C)[C@@H](CNC(=O)N2CCC[C@]3(CC=CCC3)C2)C1. The minimum absolute atomic E-state index is 0.139. The van der Waals surface area contributed by atoms with E-state index < -0.39 is 0 Å². The Morgan fingerprint density at radius 1 is 1.22 bits per heavy atom. The summed E-state index contributed by atoms with van der Waals surface area (Å²) in [6.07, 6.45) is 10.6. The molecule has 0 bridgehead atoms. The third kappa shape index (κ3) is 4.07. The highest BCUT2D eigenvalue weighted by atomic mass is 16.2. The molecule has 0 aromatic carbocycles. The lowest BCUT2D eigenvalue weighted by atomic mass is 9.71. The standard InChI is InChI=1S/C18H32N4O/c1-20-11-12-21(2)16(14-20)13-19-17(23)22-10-6-9-18(15-22)7-4-3-5-8-18/h3-4,16H,5-15H2,1-2H3,(H,19,23)/t16-,18+/m0/s1. The average molecular weight is 320 g/mol. The van der Waals surface area contributed by atoms with E-state index in [1.54, 1.807) is 0 Å². The average Bonchev–Trinajstić information content (AvgIpc) is 2.56. The van der Waals surface area contributed by atoms with Crippen molar-refractivity contribution in [3.8, 4) is 0 Å². The van der Waals surface area contributed by atoms with Crippen LogP contribution in [0.25, 0.3) is 0 Å². The Balaban J connectivity index is 1.50. The lowest BCUT2D eigenvalue weighted by Crippen LogP contribution is -2.56. The Hall–Kier alpha value is -1.07. The normalized spacial score (nSPS) is 33.1. The molecule has 23 heavy (non-hydrogen) atoms. The monoisotopic (exact) mass is 320 g/mol. The molecule has 5 nitrogen and oxygen atoms in total. The summed E-state index contributed by atoms with van der Waals surface area (Å²) < 4.78 is 0. The van der Waals surface area contributed by atoms with Gasteiger partial charge in [-0.2, -0.15) is 0 Å². The summed E-state index contributed by atoms with van der Waals surface area (Å²) >= 11 is 0. The number of amides is 2. The van der Waals surface area contributed by atoms with Gasteiger partial charge >= 0.3 is 6.03 Å². The van der Waals surface area contributed by atoms with Crippen LogP contribution in [-0.4, -0.2) is 80.1 Å². The van der Waals surface area contributed by atoms with E-state index in [0.29, 0.717) is 11.5 Å². The third-order valence-corrected chi connectivity index (χ3v) is 5.98. The maximum atomic E-state index is 12.6. The number of nitrogens with zero attached hydrogens (tertiary/aromatic N) is 3. The second-order valence-corrected chi connectivity index (χ2v) is 7.82. The first-order valence-electron chi connectivity index (χ1n) is 9.15. The number of carbonyl (C=O) groups excluding carboxylic acids is 1. The van der Waals surface area contributed by atoms with E-state index in [4.69, 9.17) is 0 Å². The number of urea groups is 1. The summed E-state index contributed by atoms with van der Waals surface area (Å²) in [6.45, 7) is 5.83. The molecule has 2 fully saturated rings. The van der Waals surface area contributed by atoms with Gasteiger partial charge < -0.3 is 15.1 Å². The van der Waals surface area contributed by atoms with E-state index in [0.717, 1.165) is 52.1 Å². The molecule has 1 N–H and O–H groups in total. The first-order chi connectivity index (χ1) is 11.1. The van der Waals surface area contributed by atoms with Crippen LogP contribution in [0.2, 0.25) is 0 Å². The Kier molecular flexibility index (Phi) is 5.27. The van der Waals surface area contributed by atoms with Crippen LogP contribution in [-0.2, 0) is 0 Å². The molecule has 2 amide bonds. The predicted molar refractivity (Wildman–Crippen MR) is 93.5 cm³/mol. The number of carbonyl (C=O) groups is 1. The summed E-state index contributed by atoms with van der Waals surface area (Å²) in [5.74, 6) is 0. The Morgan fingerprint density at radius 2 is 2.09 bits per heavy atom. The van der Waals surface area contributed by atoms with Crippen molar-refractivity contribution in [3.63, 3.8) is 0 Å². The van der Waals surface area contributed by atoms with Crippen molar-refractivity contribution in [2.75, 3.05) is 53.4 Å². The molecule has 130 valence electrons. The van der Waals surface area contributed by atoms with E-state index in [1.807, 2.05) is 0 Å². The molecule has 1 aliphatic carbocycles. The zero-order valence-corrected chi connectivity index (χ0v) is 14.8. The van der Waals surface area contributed by atoms with Gasteiger partial charge in [0.25, 0.3) is 0 Å². The molecule has 3 rings (SSSR count). The van der Waals surface area contributed by atoms with Crippen LogP contribution in [0.5, 0.6) is 0 Å². The highest BCUT2D eigenvalue weighted by Gasteiger charge is 2.37. The van der Waals surface area contributed by atoms with E-state index in [9.17, 15) is 4.79 Å². The number of piperidine rings is 1. The summed E-state index contributed by atoms with van der Waals surface area (Å²) in [5, 5.41) is 3.20. The minimum atomic E-state index is 0.139. The van der Waals surface area contributed by atoms with Gasteiger partial charge in [0.15, 0.2) is 0 Å². The highest BCUT2D eigenvalue weighted by molar-refractivity contribution is 5.74. The van der Waals surface area contributed by atoms with Gasteiger partial charge in [0.2, 0.25) is 0 Å². The third-order valence-electron chi connectivity index (χ3n) is 5.98. The van der Waals surface area contributed by atoms with E-state index in [-0.39, 0.29) is 6.03 Å². The van der Waals surface area contributed by atoms with Gasteiger partial charge in [0, 0.05) is 45.3 Å². The van der Waals surface area contributed by atoms with Crippen LogP contribution >= 0.6 is 0 Å². The number of nitrogens with one attached hydrogen (secondary N) is 1. The molecule has 0 radical (unpaired) electrons.